The zero-order valence-corrected chi connectivity index (χ0v) is 30.1. The molecule has 3 aromatic rings. The van der Waals surface area contributed by atoms with E-state index in [0.29, 0.717) is 5.92 Å². The summed E-state index contributed by atoms with van der Waals surface area (Å²) in [5, 5.41) is 0. The molecule has 1 heterocycles. The van der Waals surface area contributed by atoms with Crippen molar-refractivity contribution in [2.24, 2.45) is 10.7 Å². The van der Waals surface area contributed by atoms with Gasteiger partial charge in [-0.05, 0) is 105 Å². The van der Waals surface area contributed by atoms with Crippen LogP contribution in [0.15, 0.2) is 41.4 Å². The lowest BCUT2D eigenvalue weighted by Gasteiger charge is -2.23. The Bertz CT molecular complexity index is 1440. The van der Waals surface area contributed by atoms with Crippen LogP contribution in [0.2, 0.25) is 0 Å². The van der Waals surface area contributed by atoms with Gasteiger partial charge in [0.15, 0.2) is 0 Å². The highest BCUT2D eigenvalue weighted by Gasteiger charge is 2.46. The van der Waals surface area contributed by atoms with Crippen LogP contribution in [0, 0.1) is 27.7 Å². The van der Waals surface area contributed by atoms with Gasteiger partial charge in [-0.3, -0.25) is 14.8 Å². The van der Waals surface area contributed by atoms with Crippen molar-refractivity contribution < 1.29 is 9.37 Å². The third-order valence-electron chi connectivity index (χ3n) is 8.21. The van der Waals surface area contributed by atoms with E-state index in [0.717, 1.165) is 61.3 Å². The lowest BCUT2D eigenvalue weighted by atomic mass is 9.86. The Morgan fingerprint density at radius 3 is 2.18 bits per heavy atom. The fourth-order valence-electron chi connectivity index (χ4n) is 5.62. The Hall–Kier alpha value is -3.80. The molecule has 6 heteroatoms. The first kappa shape index (κ1) is 39.2. The van der Waals surface area contributed by atoms with E-state index >= 15 is 0 Å². The number of nitrogens with zero attached hydrogens (tertiary/aromatic N) is 3. The summed E-state index contributed by atoms with van der Waals surface area (Å²) in [6.07, 6.45) is 6.51. The molecule has 4 rings (SSSR count). The molecular weight excluding hydrogens is 554 g/mol. The molecule has 1 atom stereocenters. The number of rotatable bonds is 10. The number of benzene rings is 2. The van der Waals surface area contributed by atoms with E-state index in [1.54, 1.807) is 0 Å². The number of aryl methyl sites for hydroxylation is 3. The quantitative estimate of drug-likeness (QED) is 0.104. The van der Waals surface area contributed by atoms with Gasteiger partial charge in [0.25, 0.3) is 0 Å². The molecule has 45 heavy (non-hydrogen) atoms. The second-order valence-electron chi connectivity index (χ2n) is 11.9. The number of anilines is 1. The number of hydrogen-bond acceptors (Lipinski definition) is 4. The molecular formula is C39H60N5O+. The van der Waals surface area contributed by atoms with Crippen LogP contribution < -0.4 is 11.5 Å². The van der Waals surface area contributed by atoms with E-state index in [1.807, 2.05) is 45.5 Å². The number of likely N-dealkylation sites (N-methyl/N-ethyl adjacent to an activating group) is 1. The second-order valence-corrected chi connectivity index (χ2v) is 11.9. The number of hydrogen-bond donors (Lipinski definition) is 2. The van der Waals surface area contributed by atoms with Crippen molar-refractivity contribution in [3.05, 3.63) is 81.0 Å². The second kappa shape index (κ2) is 18.9. The number of aromatic nitrogens is 1. The van der Waals surface area contributed by atoms with E-state index in [9.17, 15) is 0 Å². The number of nitrogens with two attached hydrogens (primary N) is 2. The lowest BCUT2D eigenvalue weighted by molar-refractivity contribution is -0.491. The molecule has 2 aromatic carbocycles. The van der Waals surface area contributed by atoms with E-state index < -0.39 is 0 Å². The van der Waals surface area contributed by atoms with Crippen LogP contribution in [0.4, 0.5) is 5.69 Å². The van der Waals surface area contributed by atoms with Crippen LogP contribution in [-0.2, 0) is 16.6 Å². The fourth-order valence-corrected chi connectivity index (χ4v) is 5.62. The zero-order chi connectivity index (χ0) is 34.3. The summed E-state index contributed by atoms with van der Waals surface area (Å²) in [5.41, 5.74) is 23.8. The van der Waals surface area contributed by atoms with Crippen LogP contribution in [-0.4, -0.2) is 49.0 Å². The molecule has 4 N–H and O–H groups in total. The number of nitrogen functional groups attached to an aromatic ring is 1. The average Bonchev–Trinajstić information content (AvgIpc) is 3.79. The molecule has 1 aliphatic rings. The molecule has 0 spiro atoms. The Labute approximate surface area is 274 Å². The van der Waals surface area contributed by atoms with Gasteiger partial charge in [0, 0.05) is 46.6 Å². The van der Waals surface area contributed by atoms with Gasteiger partial charge in [0.1, 0.15) is 20.3 Å². The van der Waals surface area contributed by atoms with E-state index in [-0.39, 0.29) is 11.8 Å². The standard InChI is InChI=1S/C34H45N4.2C2H6.CH3NO/c1-9-14-36-20-29-17-27(15-24(4)32(29)35)19-34(12-13-34)31-18-30(25(5)21-38(7)8)26(6)33(37-31)28-11-10-22(2)23(3)16-28;2*1-2;2-1-3/h10-11,15-18,20,25H,7,9,12-14,19,21,35H2,1-6,8H3;2*1-2H3;1H,(H2,2,3)/q+1;;;. The molecule has 1 aromatic heterocycles. The first-order valence-electron chi connectivity index (χ1n) is 16.6. The Kier molecular flexibility index (Phi) is 16.5. The van der Waals surface area contributed by atoms with Gasteiger partial charge in [0.05, 0.1) is 5.69 Å². The van der Waals surface area contributed by atoms with E-state index in [2.05, 4.69) is 95.4 Å². The van der Waals surface area contributed by atoms with Gasteiger partial charge in [-0.15, -0.1) is 0 Å². The number of carbonyl (C=O) groups is 1. The molecule has 1 aliphatic carbocycles. The third kappa shape index (κ3) is 10.7. The van der Waals surface area contributed by atoms with Crippen LogP contribution in [0.1, 0.15) is 111 Å². The summed E-state index contributed by atoms with van der Waals surface area (Å²) in [6, 6.07) is 13.6. The summed E-state index contributed by atoms with van der Waals surface area (Å²) in [4.78, 5) is 18.6. The molecule has 1 amide bonds. The number of amides is 1. The minimum absolute atomic E-state index is 0.0629. The summed E-state index contributed by atoms with van der Waals surface area (Å²) in [5.74, 6) is 0.362. The summed E-state index contributed by atoms with van der Waals surface area (Å²) in [7, 11) is 2.05. The topological polar surface area (TPSA) is 97.4 Å². The minimum Gasteiger partial charge on any atom is -0.398 e. The SMILES string of the molecule is C=[N+](C)CC(C)c1cc(C2(Cc3cc(C)c(N)c(C=NCCC)c3)CC2)nc(-c2ccc(C)c(C)c2)c1C.CC.CC.NC=O. The maximum Gasteiger partial charge on any atom is 0.204 e. The van der Waals surface area contributed by atoms with Crippen molar-refractivity contribution in [2.45, 2.75) is 106 Å². The van der Waals surface area contributed by atoms with Gasteiger partial charge in [-0.2, -0.15) is 0 Å². The average molecular weight is 615 g/mol. The molecule has 0 saturated heterocycles. The summed E-state index contributed by atoms with van der Waals surface area (Å²) >= 11 is 0. The molecule has 1 unspecified atom stereocenters. The molecule has 0 radical (unpaired) electrons. The van der Waals surface area contributed by atoms with Crippen LogP contribution in [0.5, 0.6) is 0 Å². The molecule has 1 fully saturated rings. The summed E-state index contributed by atoms with van der Waals surface area (Å²) < 4.78 is 2.03. The van der Waals surface area contributed by atoms with Crippen molar-refractivity contribution in [2.75, 3.05) is 25.9 Å². The smallest absolute Gasteiger partial charge is 0.204 e. The van der Waals surface area contributed by atoms with Crippen molar-refractivity contribution in [1.29, 1.82) is 0 Å². The molecule has 0 bridgehead atoms. The van der Waals surface area contributed by atoms with Gasteiger partial charge in [-0.1, -0.05) is 59.7 Å². The molecule has 1 saturated carbocycles. The highest BCUT2D eigenvalue weighted by molar-refractivity contribution is 5.88. The predicted molar refractivity (Wildman–Crippen MR) is 196 cm³/mol. The number of carbonyl (C=O) groups excluding carboxylic acids is 1. The van der Waals surface area contributed by atoms with E-state index in [4.69, 9.17) is 15.5 Å². The first-order valence-corrected chi connectivity index (χ1v) is 16.6. The summed E-state index contributed by atoms with van der Waals surface area (Å²) in [6.45, 7) is 27.0. The highest BCUT2D eigenvalue weighted by Crippen LogP contribution is 2.51. The van der Waals surface area contributed by atoms with Crippen LogP contribution in [0.25, 0.3) is 11.3 Å². The third-order valence-corrected chi connectivity index (χ3v) is 8.21. The monoisotopic (exact) mass is 614 g/mol. The van der Waals surface area contributed by atoms with E-state index in [1.165, 1.54) is 39.1 Å². The van der Waals surface area contributed by atoms with Gasteiger partial charge in [0.2, 0.25) is 6.41 Å². The first-order chi connectivity index (χ1) is 21.5. The molecule has 6 nitrogen and oxygen atoms in total. The normalized spacial score (nSPS) is 13.3. The molecule has 246 valence electrons. The Balaban J connectivity index is 0.00000134. The van der Waals surface area contributed by atoms with Gasteiger partial charge < -0.3 is 11.5 Å². The number of aliphatic imine (C=N–C) groups is 1. The van der Waals surface area contributed by atoms with Crippen LogP contribution in [0.3, 0.4) is 0 Å². The highest BCUT2D eigenvalue weighted by atomic mass is 16.1. The fraction of sp³-hybridized carbons (Fsp3) is 0.487. The number of primary amides is 1. The van der Waals surface area contributed by atoms with Crippen molar-refractivity contribution >= 4 is 25.0 Å². The molecule has 0 aliphatic heterocycles. The zero-order valence-electron chi connectivity index (χ0n) is 30.1. The van der Waals surface area contributed by atoms with Crippen molar-refractivity contribution in [3.63, 3.8) is 0 Å². The minimum atomic E-state index is 0.0629. The maximum atomic E-state index is 8.58. The predicted octanol–water partition coefficient (Wildman–Crippen LogP) is 8.27. The van der Waals surface area contributed by atoms with Gasteiger partial charge >= 0.3 is 0 Å². The van der Waals surface area contributed by atoms with Crippen molar-refractivity contribution in [3.8, 4) is 11.3 Å². The van der Waals surface area contributed by atoms with Crippen molar-refractivity contribution in [1.82, 2.24) is 4.98 Å². The lowest BCUT2D eigenvalue weighted by Crippen LogP contribution is -2.18. The number of pyridine rings is 1. The van der Waals surface area contributed by atoms with Gasteiger partial charge in [-0.25, -0.2) is 4.58 Å². The Morgan fingerprint density at radius 1 is 1.02 bits per heavy atom. The van der Waals surface area contributed by atoms with Crippen LogP contribution >= 0.6 is 0 Å². The maximum absolute atomic E-state index is 8.58. The largest absolute Gasteiger partial charge is 0.398 e. The Morgan fingerprint density at radius 2 is 1.64 bits per heavy atom.